The summed E-state index contributed by atoms with van der Waals surface area (Å²) in [6.45, 7) is 8.40. The molecule has 4 heteroatoms. The van der Waals surface area contributed by atoms with Gasteiger partial charge in [0.05, 0.1) is 5.56 Å². The number of hydrogen-bond acceptors (Lipinski definition) is 2. The molecule has 1 amide bonds. The molecule has 0 saturated carbocycles. The molecule has 3 nitrogen and oxygen atoms in total. The summed E-state index contributed by atoms with van der Waals surface area (Å²) in [5.41, 5.74) is 7.34. The Kier molecular flexibility index (Phi) is 12.0. The van der Waals surface area contributed by atoms with Crippen LogP contribution < -0.4 is 5.73 Å². The molecule has 0 aliphatic rings. The highest BCUT2D eigenvalue weighted by Crippen LogP contribution is 2.22. The van der Waals surface area contributed by atoms with E-state index in [1.807, 2.05) is 24.3 Å². The summed E-state index contributed by atoms with van der Waals surface area (Å²) in [6.07, 6.45) is 8.40. The predicted molar refractivity (Wildman–Crippen MR) is 122 cm³/mol. The van der Waals surface area contributed by atoms with Gasteiger partial charge in [-0.15, -0.1) is 0 Å². The number of para-hydroxylation sites is 1. The van der Waals surface area contributed by atoms with E-state index in [4.69, 9.17) is 5.73 Å². The summed E-state index contributed by atoms with van der Waals surface area (Å²) >= 11 is 2.47. The van der Waals surface area contributed by atoms with Crippen LogP contribution in [0.25, 0.3) is 0 Å². The van der Waals surface area contributed by atoms with Gasteiger partial charge in [0.2, 0.25) is 0 Å². The number of rotatable bonds is 13. The lowest BCUT2D eigenvalue weighted by Crippen LogP contribution is -2.39. The van der Waals surface area contributed by atoms with E-state index in [1.54, 1.807) is 0 Å². The van der Waals surface area contributed by atoms with Crippen LogP contribution in [-0.4, -0.2) is 28.3 Å². The average Bonchev–Trinajstić information content (AvgIpc) is 2.66. The van der Waals surface area contributed by atoms with Gasteiger partial charge in [0.15, 0.2) is 0 Å². The number of nitrogens with zero attached hydrogens (tertiary/aromatic N) is 1. The van der Waals surface area contributed by atoms with Gasteiger partial charge in [-0.25, -0.2) is 0 Å². The standard InChI is InChI=1S/C22H37IN2O/c1-4-7-11-18(6-3)16-25(17-19(15-23)12-8-5-2)22(26)20-13-9-10-14-21(20)24/h9-10,13-14,18-19H,4-8,11-12,15-17,24H2,1-3H3. The van der Waals surface area contributed by atoms with Crippen LogP contribution in [0.15, 0.2) is 24.3 Å². The van der Waals surface area contributed by atoms with Gasteiger partial charge in [-0.1, -0.05) is 87.6 Å². The maximum absolute atomic E-state index is 13.3. The summed E-state index contributed by atoms with van der Waals surface area (Å²) < 4.78 is 1.09. The lowest BCUT2D eigenvalue weighted by molar-refractivity contribution is 0.0695. The second kappa shape index (κ2) is 13.4. The molecule has 1 rings (SSSR count). The van der Waals surface area contributed by atoms with Crippen molar-refractivity contribution in [2.24, 2.45) is 11.8 Å². The molecule has 1 aromatic rings. The molecule has 148 valence electrons. The molecule has 0 saturated heterocycles. The zero-order valence-electron chi connectivity index (χ0n) is 16.8. The molecule has 0 heterocycles. The molecule has 0 aliphatic heterocycles. The number of hydrogen-bond donors (Lipinski definition) is 1. The molecule has 2 N–H and O–H groups in total. The van der Waals surface area contributed by atoms with E-state index in [0.29, 0.717) is 23.1 Å². The monoisotopic (exact) mass is 472 g/mol. The fraction of sp³-hybridized carbons (Fsp3) is 0.682. The molecular formula is C22H37IN2O. The van der Waals surface area contributed by atoms with Crippen LogP contribution in [0.2, 0.25) is 0 Å². The molecule has 2 atom stereocenters. The minimum Gasteiger partial charge on any atom is -0.398 e. The van der Waals surface area contributed by atoms with Crippen molar-refractivity contribution in [1.82, 2.24) is 4.90 Å². The van der Waals surface area contributed by atoms with Crippen LogP contribution in [0.4, 0.5) is 5.69 Å². The molecule has 0 aliphatic carbocycles. The van der Waals surface area contributed by atoms with Crippen molar-refractivity contribution in [2.75, 3.05) is 23.3 Å². The van der Waals surface area contributed by atoms with E-state index in [9.17, 15) is 4.79 Å². The Balaban J connectivity index is 2.95. The number of nitrogen functional groups attached to an aromatic ring is 1. The van der Waals surface area contributed by atoms with Crippen molar-refractivity contribution in [3.63, 3.8) is 0 Å². The second-order valence-electron chi connectivity index (χ2n) is 7.38. The SMILES string of the molecule is CCCCC(CC)CN(CC(CI)CCCC)C(=O)c1ccccc1N. The van der Waals surface area contributed by atoms with Crippen LogP contribution >= 0.6 is 22.6 Å². The number of nitrogens with two attached hydrogens (primary N) is 1. The zero-order chi connectivity index (χ0) is 19.4. The zero-order valence-corrected chi connectivity index (χ0v) is 19.0. The minimum absolute atomic E-state index is 0.101. The number of halogens is 1. The molecule has 26 heavy (non-hydrogen) atoms. The summed E-state index contributed by atoms with van der Waals surface area (Å²) in [5, 5.41) is 0. The molecule has 0 spiro atoms. The third-order valence-electron chi connectivity index (χ3n) is 5.16. The maximum atomic E-state index is 13.3. The van der Waals surface area contributed by atoms with E-state index in [0.717, 1.165) is 23.9 Å². The molecular weight excluding hydrogens is 435 g/mol. The van der Waals surface area contributed by atoms with Crippen LogP contribution in [-0.2, 0) is 0 Å². The minimum atomic E-state index is 0.101. The summed E-state index contributed by atoms with van der Waals surface area (Å²) in [6, 6.07) is 7.49. The van der Waals surface area contributed by atoms with E-state index in [1.165, 1.54) is 38.5 Å². The topological polar surface area (TPSA) is 46.3 Å². The van der Waals surface area contributed by atoms with E-state index in [-0.39, 0.29) is 5.91 Å². The van der Waals surface area contributed by atoms with Crippen LogP contribution in [0.1, 0.15) is 76.1 Å². The lowest BCUT2D eigenvalue weighted by atomic mass is 9.96. The highest BCUT2D eigenvalue weighted by molar-refractivity contribution is 14.1. The van der Waals surface area contributed by atoms with Crippen LogP contribution in [0, 0.1) is 11.8 Å². The first-order chi connectivity index (χ1) is 12.6. The summed E-state index contributed by atoms with van der Waals surface area (Å²) in [7, 11) is 0. The summed E-state index contributed by atoms with van der Waals surface area (Å²) in [5.74, 6) is 1.24. The van der Waals surface area contributed by atoms with Gasteiger partial charge in [-0.2, -0.15) is 0 Å². The normalized spacial score (nSPS) is 13.4. The van der Waals surface area contributed by atoms with Crippen molar-refractivity contribution in [2.45, 2.75) is 65.7 Å². The number of anilines is 1. The average molecular weight is 472 g/mol. The molecule has 0 radical (unpaired) electrons. The maximum Gasteiger partial charge on any atom is 0.255 e. The highest BCUT2D eigenvalue weighted by Gasteiger charge is 2.23. The smallest absolute Gasteiger partial charge is 0.255 e. The van der Waals surface area contributed by atoms with Crippen molar-refractivity contribution in [3.8, 4) is 0 Å². The highest BCUT2D eigenvalue weighted by atomic mass is 127. The Morgan fingerprint density at radius 3 is 2.15 bits per heavy atom. The Morgan fingerprint density at radius 2 is 1.62 bits per heavy atom. The molecule has 2 unspecified atom stereocenters. The summed E-state index contributed by atoms with van der Waals surface area (Å²) in [4.78, 5) is 15.4. The van der Waals surface area contributed by atoms with Crippen LogP contribution in [0.3, 0.4) is 0 Å². The van der Waals surface area contributed by atoms with Gasteiger partial charge >= 0.3 is 0 Å². The van der Waals surface area contributed by atoms with Gasteiger partial charge in [-0.05, 0) is 36.8 Å². The second-order valence-corrected chi connectivity index (χ2v) is 8.26. The predicted octanol–water partition coefficient (Wildman–Crippen LogP) is 6.17. The van der Waals surface area contributed by atoms with E-state index < -0.39 is 0 Å². The van der Waals surface area contributed by atoms with Gasteiger partial charge in [-0.3, -0.25) is 4.79 Å². The Hall–Kier alpha value is -0.780. The van der Waals surface area contributed by atoms with Gasteiger partial charge < -0.3 is 10.6 Å². The van der Waals surface area contributed by atoms with Gasteiger partial charge in [0.25, 0.3) is 5.91 Å². The molecule has 1 aromatic carbocycles. The lowest BCUT2D eigenvalue weighted by Gasteiger charge is -2.31. The largest absolute Gasteiger partial charge is 0.398 e. The van der Waals surface area contributed by atoms with E-state index >= 15 is 0 Å². The van der Waals surface area contributed by atoms with Crippen molar-refractivity contribution in [1.29, 1.82) is 0 Å². The van der Waals surface area contributed by atoms with Gasteiger partial charge in [0.1, 0.15) is 0 Å². The number of unbranched alkanes of at least 4 members (excludes halogenated alkanes) is 2. The van der Waals surface area contributed by atoms with Crippen LogP contribution in [0.5, 0.6) is 0 Å². The first-order valence-electron chi connectivity index (χ1n) is 10.3. The number of benzene rings is 1. The third kappa shape index (κ3) is 7.85. The van der Waals surface area contributed by atoms with Crippen molar-refractivity contribution >= 4 is 34.2 Å². The van der Waals surface area contributed by atoms with Gasteiger partial charge in [0, 0.05) is 23.2 Å². The van der Waals surface area contributed by atoms with E-state index in [2.05, 4.69) is 48.3 Å². The van der Waals surface area contributed by atoms with Crippen molar-refractivity contribution < 1.29 is 4.79 Å². The molecule has 0 fully saturated rings. The fourth-order valence-electron chi connectivity index (χ4n) is 3.35. The number of carbonyl (C=O) groups excluding carboxylic acids is 1. The van der Waals surface area contributed by atoms with Crippen molar-refractivity contribution in [3.05, 3.63) is 29.8 Å². The quantitative estimate of drug-likeness (QED) is 0.212. The molecule has 0 aromatic heterocycles. The Bertz CT molecular complexity index is 503. The fourth-order valence-corrected chi connectivity index (χ4v) is 4.07. The molecule has 0 bridgehead atoms. The Morgan fingerprint density at radius 1 is 1.04 bits per heavy atom. The first-order valence-corrected chi connectivity index (χ1v) is 11.8. The Labute approximate surface area is 174 Å². The number of alkyl halides is 1. The third-order valence-corrected chi connectivity index (χ3v) is 6.41. The first kappa shape index (κ1) is 23.3. The number of amides is 1. The number of carbonyl (C=O) groups is 1.